The maximum absolute atomic E-state index is 12.5. The predicted molar refractivity (Wildman–Crippen MR) is 92.3 cm³/mol. The van der Waals surface area contributed by atoms with E-state index < -0.39 is 6.86 Å². The first-order chi connectivity index (χ1) is 11.9. The molecule has 6 atom stereocenters. The minimum Gasteiger partial charge on any atom is -0.433 e. The molecule has 0 heterocycles. The number of alkyl halides is 1. The highest BCUT2D eigenvalue weighted by Crippen LogP contribution is 2.66. The standard InChI is InChI=1S/C21H29FO3/c1-20-9-7-14(23)11-13(20)3-4-15-16-5-6-18(19(24)25-12-22)21(16,2)10-8-17(15)20/h11,15-18H,3-10,12H2,1-2H3/t15-,16-,17+,18?,20-,21-/m0/s1. The van der Waals surface area contributed by atoms with Crippen molar-refractivity contribution in [3.8, 4) is 0 Å². The number of fused-ring (bicyclic) bond motifs is 5. The van der Waals surface area contributed by atoms with Crippen LogP contribution in [0.2, 0.25) is 0 Å². The van der Waals surface area contributed by atoms with Gasteiger partial charge in [-0.25, -0.2) is 4.39 Å². The second-order valence-electron chi connectivity index (χ2n) is 9.22. The molecule has 0 aromatic heterocycles. The Morgan fingerprint density at radius 2 is 1.96 bits per heavy atom. The molecule has 0 amide bonds. The van der Waals surface area contributed by atoms with E-state index in [0.29, 0.717) is 30.0 Å². The fourth-order valence-electron chi connectivity index (χ4n) is 7.10. The van der Waals surface area contributed by atoms with Crippen molar-refractivity contribution >= 4 is 11.8 Å². The van der Waals surface area contributed by atoms with Crippen molar-refractivity contribution in [3.63, 3.8) is 0 Å². The zero-order chi connectivity index (χ0) is 17.8. The summed E-state index contributed by atoms with van der Waals surface area (Å²) in [6, 6.07) is 0. The topological polar surface area (TPSA) is 43.4 Å². The van der Waals surface area contributed by atoms with E-state index in [4.69, 9.17) is 4.74 Å². The molecule has 3 saturated carbocycles. The molecular weight excluding hydrogens is 319 g/mol. The quantitative estimate of drug-likeness (QED) is 0.685. The molecule has 4 rings (SSSR count). The Morgan fingerprint density at radius 1 is 1.16 bits per heavy atom. The monoisotopic (exact) mass is 348 g/mol. The van der Waals surface area contributed by atoms with Gasteiger partial charge in [-0.2, -0.15) is 0 Å². The number of carbonyl (C=O) groups excluding carboxylic acids is 2. The molecule has 0 aromatic rings. The Kier molecular flexibility index (Phi) is 4.08. The van der Waals surface area contributed by atoms with Gasteiger partial charge in [0.25, 0.3) is 0 Å². The molecule has 4 aliphatic carbocycles. The first-order valence-electron chi connectivity index (χ1n) is 9.86. The van der Waals surface area contributed by atoms with Gasteiger partial charge >= 0.3 is 5.97 Å². The van der Waals surface area contributed by atoms with Crippen molar-refractivity contribution in [1.82, 2.24) is 0 Å². The summed E-state index contributed by atoms with van der Waals surface area (Å²) >= 11 is 0. The van der Waals surface area contributed by atoms with Crippen molar-refractivity contribution in [3.05, 3.63) is 11.6 Å². The summed E-state index contributed by atoms with van der Waals surface area (Å²) in [5.41, 5.74) is 1.49. The molecule has 3 nitrogen and oxygen atoms in total. The van der Waals surface area contributed by atoms with E-state index >= 15 is 0 Å². The minimum atomic E-state index is -1.01. The van der Waals surface area contributed by atoms with Crippen molar-refractivity contribution < 1.29 is 18.7 Å². The van der Waals surface area contributed by atoms with E-state index in [9.17, 15) is 14.0 Å². The van der Waals surface area contributed by atoms with Gasteiger partial charge in [-0.05, 0) is 79.6 Å². The molecule has 4 heteroatoms. The highest BCUT2D eigenvalue weighted by molar-refractivity contribution is 5.91. The maximum atomic E-state index is 12.5. The van der Waals surface area contributed by atoms with Crippen LogP contribution in [0.1, 0.15) is 65.2 Å². The summed E-state index contributed by atoms with van der Waals surface area (Å²) < 4.78 is 17.2. The molecule has 25 heavy (non-hydrogen) atoms. The van der Waals surface area contributed by atoms with Gasteiger partial charge in [0.1, 0.15) is 0 Å². The molecule has 0 aromatic carbocycles. The van der Waals surface area contributed by atoms with Crippen molar-refractivity contribution in [2.75, 3.05) is 6.86 Å². The summed E-state index contributed by atoms with van der Waals surface area (Å²) in [5.74, 6) is 1.58. The number of carbonyl (C=O) groups is 2. The van der Waals surface area contributed by atoms with Gasteiger partial charge in [0.2, 0.25) is 6.86 Å². The smallest absolute Gasteiger partial charge is 0.311 e. The Hall–Kier alpha value is -1.19. The average Bonchev–Trinajstić information content (AvgIpc) is 2.93. The molecule has 0 saturated heterocycles. The normalized spacial score (nSPS) is 45.9. The van der Waals surface area contributed by atoms with Crippen LogP contribution in [0.3, 0.4) is 0 Å². The number of halogens is 1. The average molecular weight is 348 g/mol. The van der Waals surface area contributed by atoms with Crippen LogP contribution < -0.4 is 0 Å². The SMILES string of the molecule is C[C@]12CCC(=O)C=C1CC[C@@H]1[C@H]2CC[C@]2(C)C(C(=O)OCF)CC[C@@H]12. The van der Waals surface area contributed by atoms with E-state index in [2.05, 4.69) is 13.8 Å². The van der Waals surface area contributed by atoms with Crippen LogP contribution >= 0.6 is 0 Å². The zero-order valence-corrected chi connectivity index (χ0v) is 15.4. The molecule has 0 radical (unpaired) electrons. The first-order valence-corrected chi connectivity index (χ1v) is 9.86. The van der Waals surface area contributed by atoms with E-state index in [1.165, 1.54) is 5.57 Å². The Bertz CT molecular complexity index is 627. The molecule has 4 aliphatic rings. The van der Waals surface area contributed by atoms with Gasteiger partial charge in [-0.3, -0.25) is 9.59 Å². The fourth-order valence-corrected chi connectivity index (χ4v) is 7.10. The molecule has 138 valence electrons. The Labute approximate surface area is 149 Å². The highest BCUT2D eigenvalue weighted by atomic mass is 19.1. The summed E-state index contributed by atoms with van der Waals surface area (Å²) in [7, 11) is 0. The summed E-state index contributed by atoms with van der Waals surface area (Å²) in [4.78, 5) is 24.2. The van der Waals surface area contributed by atoms with Crippen LogP contribution in [0.15, 0.2) is 11.6 Å². The lowest BCUT2D eigenvalue weighted by molar-refractivity contribution is -0.160. The number of rotatable bonds is 2. The lowest BCUT2D eigenvalue weighted by atomic mass is 9.47. The van der Waals surface area contributed by atoms with Gasteiger partial charge in [0.15, 0.2) is 5.78 Å². The highest BCUT2D eigenvalue weighted by Gasteiger charge is 2.60. The molecule has 3 fully saturated rings. The summed E-state index contributed by atoms with van der Waals surface area (Å²) in [6.07, 6.45) is 9.76. The first kappa shape index (κ1) is 17.2. The van der Waals surface area contributed by atoms with Crippen LogP contribution in [-0.2, 0) is 14.3 Å². The Balaban J connectivity index is 1.61. The van der Waals surface area contributed by atoms with Crippen molar-refractivity contribution in [2.45, 2.75) is 65.2 Å². The minimum absolute atomic E-state index is 0.0461. The van der Waals surface area contributed by atoms with Crippen molar-refractivity contribution in [1.29, 1.82) is 0 Å². The van der Waals surface area contributed by atoms with E-state index in [0.717, 1.165) is 44.9 Å². The predicted octanol–water partition coefficient (Wildman–Crippen LogP) is 4.60. The number of ketones is 1. The van der Waals surface area contributed by atoms with Crippen LogP contribution in [0.4, 0.5) is 4.39 Å². The number of esters is 1. The molecule has 0 aliphatic heterocycles. The molecular formula is C21H29FO3. The summed E-state index contributed by atoms with van der Waals surface area (Å²) in [6.45, 7) is 3.60. The zero-order valence-electron chi connectivity index (χ0n) is 15.4. The largest absolute Gasteiger partial charge is 0.433 e. The second kappa shape index (κ2) is 5.92. The Morgan fingerprint density at radius 3 is 2.72 bits per heavy atom. The third-order valence-electron chi connectivity index (χ3n) is 8.44. The summed E-state index contributed by atoms with van der Waals surface area (Å²) in [5, 5.41) is 0. The van der Waals surface area contributed by atoms with Gasteiger partial charge in [0, 0.05) is 6.42 Å². The number of hydrogen-bond donors (Lipinski definition) is 0. The fraction of sp³-hybridized carbons (Fsp3) is 0.810. The lowest BCUT2D eigenvalue weighted by Crippen LogP contribution is -2.51. The van der Waals surface area contributed by atoms with E-state index in [1.807, 2.05) is 6.08 Å². The third kappa shape index (κ3) is 2.43. The maximum Gasteiger partial charge on any atom is 0.311 e. The van der Waals surface area contributed by atoms with Crippen molar-refractivity contribution in [2.24, 2.45) is 34.5 Å². The lowest BCUT2D eigenvalue weighted by Gasteiger charge is -2.57. The number of hydrogen-bond acceptors (Lipinski definition) is 3. The third-order valence-corrected chi connectivity index (χ3v) is 8.44. The van der Waals surface area contributed by atoms with E-state index in [1.54, 1.807) is 0 Å². The van der Waals surface area contributed by atoms with Gasteiger partial charge in [-0.15, -0.1) is 0 Å². The van der Waals surface area contributed by atoms with Gasteiger partial charge in [-0.1, -0.05) is 19.4 Å². The number of allylic oxidation sites excluding steroid dienone is 1. The van der Waals surface area contributed by atoms with E-state index in [-0.39, 0.29) is 22.7 Å². The van der Waals surface area contributed by atoms with Crippen LogP contribution in [-0.4, -0.2) is 18.6 Å². The van der Waals surface area contributed by atoms with Crippen LogP contribution in [0.5, 0.6) is 0 Å². The van der Waals surface area contributed by atoms with Crippen LogP contribution in [0, 0.1) is 34.5 Å². The molecule has 0 N–H and O–H groups in total. The molecule has 1 unspecified atom stereocenters. The molecule has 0 bridgehead atoms. The second-order valence-corrected chi connectivity index (χ2v) is 9.22. The van der Waals surface area contributed by atoms with Gasteiger partial charge < -0.3 is 4.74 Å². The number of ether oxygens (including phenoxy) is 1. The van der Waals surface area contributed by atoms with Crippen LogP contribution in [0.25, 0.3) is 0 Å². The van der Waals surface area contributed by atoms with Gasteiger partial charge in [0.05, 0.1) is 5.92 Å². The molecule has 0 spiro atoms.